The van der Waals surface area contributed by atoms with E-state index in [1.807, 2.05) is 6.07 Å². The summed E-state index contributed by atoms with van der Waals surface area (Å²) in [4.78, 5) is 11.0. The number of esters is 1. The standard InChI is InChI=1S/C17H18O2/c1-19-17(18)13-4-2-3-8-14-10-7-11-15-9-5-6-12-16(14)15/h3,5-12H,2,4,13H2,1H3. The van der Waals surface area contributed by atoms with Crippen LogP contribution in [0.5, 0.6) is 0 Å². The third-order valence-electron chi connectivity index (χ3n) is 3.10. The van der Waals surface area contributed by atoms with Gasteiger partial charge in [0, 0.05) is 6.42 Å². The summed E-state index contributed by atoms with van der Waals surface area (Å²) in [5.41, 5.74) is 1.22. The van der Waals surface area contributed by atoms with Crippen molar-refractivity contribution in [3.05, 3.63) is 54.1 Å². The maximum atomic E-state index is 11.0. The molecule has 19 heavy (non-hydrogen) atoms. The van der Waals surface area contributed by atoms with E-state index < -0.39 is 0 Å². The van der Waals surface area contributed by atoms with Gasteiger partial charge in [-0.3, -0.25) is 4.79 Å². The van der Waals surface area contributed by atoms with Crippen molar-refractivity contribution < 1.29 is 9.53 Å². The molecular weight excluding hydrogens is 236 g/mol. The Morgan fingerprint density at radius 3 is 2.79 bits per heavy atom. The lowest BCUT2D eigenvalue weighted by Gasteiger charge is -2.01. The number of fused-ring (bicyclic) bond motifs is 1. The summed E-state index contributed by atoms with van der Waals surface area (Å²) in [6.07, 6.45) is 6.44. The smallest absolute Gasteiger partial charge is 0.305 e. The molecule has 0 saturated carbocycles. The lowest BCUT2D eigenvalue weighted by atomic mass is 10.0. The molecule has 2 aromatic rings. The molecule has 0 unspecified atom stereocenters. The average molecular weight is 254 g/mol. The molecule has 0 aliphatic carbocycles. The molecule has 98 valence electrons. The van der Waals surface area contributed by atoms with Crippen molar-refractivity contribution >= 4 is 22.8 Å². The Morgan fingerprint density at radius 2 is 1.95 bits per heavy atom. The molecular formula is C17H18O2. The SMILES string of the molecule is COC(=O)CCCC=Cc1cccc2ccccc12. The third-order valence-corrected chi connectivity index (χ3v) is 3.10. The van der Waals surface area contributed by atoms with Gasteiger partial charge in [0.25, 0.3) is 0 Å². The quantitative estimate of drug-likeness (QED) is 0.590. The fraction of sp³-hybridized carbons (Fsp3) is 0.235. The molecule has 0 saturated heterocycles. The van der Waals surface area contributed by atoms with Crippen molar-refractivity contribution in [2.45, 2.75) is 19.3 Å². The highest BCUT2D eigenvalue weighted by molar-refractivity contribution is 5.90. The maximum absolute atomic E-state index is 11.0. The van der Waals surface area contributed by atoms with Crippen molar-refractivity contribution in [2.75, 3.05) is 7.11 Å². The van der Waals surface area contributed by atoms with Crippen LogP contribution in [0.2, 0.25) is 0 Å². The summed E-state index contributed by atoms with van der Waals surface area (Å²) >= 11 is 0. The first-order chi connectivity index (χ1) is 9.31. The molecule has 0 atom stereocenters. The Balaban J connectivity index is 1.99. The minimum absolute atomic E-state index is 0.140. The van der Waals surface area contributed by atoms with Crippen LogP contribution < -0.4 is 0 Å². The lowest BCUT2D eigenvalue weighted by Crippen LogP contribution is -1.98. The van der Waals surface area contributed by atoms with Crippen molar-refractivity contribution in [3.8, 4) is 0 Å². The molecule has 2 heteroatoms. The molecule has 0 amide bonds. The molecule has 0 bridgehead atoms. The molecule has 0 aromatic heterocycles. The predicted molar refractivity (Wildman–Crippen MR) is 78.8 cm³/mol. The van der Waals surface area contributed by atoms with E-state index >= 15 is 0 Å². The summed E-state index contributed by atoms with van der Waals surface area (Å²) in [5, 5.41) is 2.51. The van der Waals surface area contributed by atoms with Crippen LogP contribution in [-0.4, -0.2) is 13.1 Å². The number of benzene rings is 2. The van der Waals surface area contributed by atoms with Crippen LogP contribution in [0.15, 0.2) is 48.5 Å². The number of allylic oxidation sites excluding steroid dienone is 1. The van der Waals surface area contributed by atoms with Gasteiger partial charge in [0.05, 0.1) is 7.11 Å². The topological polar surface area (TPSA) is 26.3 Å². The second kappa shape index (κ2) is 6.74. The predicted octanol–water partition coefficient (Wildman–Crippen LogP) is 4.20. The first-order valence-corrected chi connectivity index (χ1v) is 6.52. The molecule has 2 nitrogen and oxygen atoms in total. The molecule has 0 aliphatic heterocycles. The van der Waals surface area contributed by atoms with Gasteiger partial charge >= 0.3 is 5.97 Å². The zero-order chi connectivity index (χ0) is 13.5. The molecule has 0 spiro atoms. The summed E-state index contributed by atoms with van der Waals surface area (Å²) < 4.78 is 4.61. The van der Waals surface area contributed by atoms with Gasteiger partial charge in [0.15, 0.2) is 0 Å². The van der Waals surface area contributed by atoms with E-state index in [1.165, 1.54) is 23.4 Å². The van der Waals surface area contributed by atoms with E-state index in [0.29, 0.717) is 6.42 Å². The Kier molecular flexibility index (Phi) is 4.73. The third kappa shape index (κ3) is 3.68. The number of unbranched alkanes of at least 4 members (excludes halogenated alkanes) is 1. The normalized spacial score (nSPS) is 11.0. The molecule has 2 aromatic carbocycles. The number of hydrogen-bond acceptors (Lipinski definition) is 2. The molecule has 2 rings (SSSR count). The van der Waals surface area contributed by atoms with Gasteiger partial charge in [0.2, 0.25) is 0 Å². The summed E-state index contributed by atoms with van der Waals surface area (Å²) in [7, 11) is 1.42. The molecule has 0 aliphatic rings. The van der Waals surface area contributed by atoms with E-state index in [0.717, 1.165) is 12.8 Å². The van der Waals surface area contributed by atoms with Gasteiger partial charge in [-0.25, -0.2) is 0 Å². The average Bonchev–Trinajstić information content (AvgIpc) is 2.46. The highest BCUT2D eigenvalue weighted by Crippen LogP contribution is 2.19. The molecule has 0 N–H and O–H groups in total. The number of carbonyl (C=O) groups excluding carboxylic acids is 1. The number of hydrogen-bond donors (Lipinski definition) is 0. The van der Waals surface area contributed by atoms with Crippen LogP contribution in [0.25, 0.3) is 16.8 Å². The van der Waals surface area contributed by atoms with E-state index in [-0.39, 0.29) is 5.97 Å². The summed E-state index contributed by atoms with van der Waals surface area (Å²) in [6, 6.07) is 14.6. The van der Waals surface area contributed by atoms with Gasteiger partial charge in [-0.1, -0.05) is 54.6 Å². The summed E-state index contributed by atoms with van der Waals surface area (Å²) in [5.74, 6) is -0.140. The first kappa shape index (κ1) is 13.3. The molecule has 0 heterocycles. The van der Waals surface area contributed by atoms with Gasteiger partial charge in [-0.15, -0.1) is 0 Å². The van der Waals surface area contributed by atoms with E-state index in [2.05, 4.69) is 53.3 Å². The lowest BCUT2D eigenvalue weighted by molar-refractivity contribution is -0.140. The monoisotopic (exact) mass is 254 g/mol. The Bertz CT molecular complexity index is 579. The van der Waals surface area contributed by atoms with Gasteiger partial charge in [-0.05, 0) is 29.2 Å². The van der Waals surface area contributed by atoms with Crippen LogP contribution in [-0.2, 0) is 9.53 Å². The van der Waals surface area contributed by atoms with Crippen LogP contribution in [0.4, 0.5) is 0 Å². The number of methoxy groups -OCH3 is 1. The Morgan fingerprint density at radius 1 is 1.16 bits per heavy atom. The van der Waals surface area contributed by atoms with Crippen LogP contribution in [0.3, 0.4) is 0 Å². The molecule has 0 radical (unpaired) electrons. The zero-order valence-electron chi connectivity index (χ0n) is 11.1. The van der Waals surface area contributed by atoms with E-state index in [9.17, 15) is 4.79 Å². The maximum Gasteiger partial charge on any atom is 0.305 e. The number of rotatable bonds is 5. The number of carbonyl (C=O) groups is 1. The minimum Gasteiger partial charge on any atom is -0.469 e. The van der Waals surface area contributed by atoms with Crippen molar-refractivity contribution in [1.29, 1.82) is 0 Å². The summed E-state index contributed by atoms with van der Waals surface area (Å²) in [6.45, 7) is 0. The first-order valence-electron chi connectivity index (χ1n) is 6.52. The fourth-order valence-corrected chi connectivity index (χ4v) is 2.07. The fourth-order valence-electron chi connectivity index (χ4n) is 2.07. The zero-order valence-corrected chi connectivity index (χ0v) is 11.1. The minimum atomic E-state index is -0.140. The van der Waals surface area contributed by atoms with Crippen molar-refractivity contribution in [3.63, 3.8) is 0 Å². The largest absolute Gasteiger partial charge is 0.469 e. The highest BCUT2D eigenvalue weighted by Gasteiger charge is 1.98. The van der Waals surface area contributed by atoms with E-state index in [1.54, 1.807) is 0 Å². The van der Waals surface area contributed by atoms with Crippen molar-refractivity contribution in [1.82, 2.24) is 0 Å². The van der Waals surface area contributed by atoms with Gasteiger partial charge < -0.3 is 4.74 Å². The second-order valence-corrected chi connectivity index (χ2v) is 4.44. The Hall–Kier alpha value is -2.09. The highest BCUT2D eigenvalue weighted by atomic mass is 16.5. The Labute approximate surface area is 113 Å². The van der Waals surface area contributed by atoms with Gasteiger partial charge in [-0.2, -0.15) is 0 Å². The van der Waals surface area contributed by atoms with E-state index in [4.69, 9.17) is 0 Å². The number of ether oxygens (including phenoxy) is 1. The van der Waals surface area contributed by atoms with Gasteiger partial charge in [0.1, 0.15) is 0 Å². The van der Waals surface area contributed by atoms with Crippen LogP contribution >= 0.6 is 0 Å². The van der Waals surface area contributed by atoms with Crippen molar-refractivity contribution in [2.24, 2.45) is 0 Å². The second-order valence-electron chi connectivity index (χ2n) is 4.44. The van der Waals surface area contributed by atoms with Crippen LogP contribution in [0.1, 0.15) is 24.8 Å². The molecule has 0 fully saturated rings. The van der Waals surface area contributed by atoms with Crippen LogP contribution in [0, 0.1) is 0 Å².